The number of nitrogens with one attached hydrogen (secondary N) is 1. The summed E-state index contributed by atoms with van der Waals surface area (Å²) >= 11 is 5.89. The summed E-state index contributed by atoms with van der Waals surface area (Å²) in [6.07, 6.45) is 4.60. The van der Waals surface area contributed by atoms with E-state index in [-0.39, 0.29) is 0 Å². The fourth-order valence-corrected chi connectivity index (χ4v) is 2.00. The number of unbranched alkanes of at least 4 members (excludes halogenated alkanes) is 2. The van der Waals surface area contributed by atoms with Crippen molar-refractivity contribution in [1.82, 2.24) is 0 Å². The Morgan fingerprint density at radius 2 is 1.78 bits per heavy atom. The van der Waals surface area contributed by atoms with E-state index in [1.165, 1.54) is 0 Å². The second-order valence-electron chi connectivity index (χ2n) is 4.45. The van der Waals surface area contributed by atoms with Gasteiger partial charge in [0.1, 0.15) is 0 Å². The molecule has 0 radical (unpaired) electrons. The lowest BCUT2D eigenvalue weighted by Crippen LogP contribution is -2.25. The van der Waals surface area contributed by atoms with Crippen molar-refractivity contribution in [2.24, 2.45) is 0 Å². The minimum atomic E-state index is 0.340. The van der Waals surface area contributed by atoms with Gasteiger partial charge in [0.05, 0.1) is 10.7 Å². The van der Waals surface area contributed by atoms with Crippen LogP contribution in [0.15, 0.2) is 18.2 Å². The molecular weight excluding hydrogens is 251 g/mol. The molecule has 1 aromatic carbocycles. The first kappa shape index (κ1) is 15.1. The Morgan fingerprint density at radius 3 is 2.28 bits per heavy atom. The molecule has 1 N–H and O–H groups in total. The van der Waals surface area contributed by atoms with Gasteiger partial charge in [-0.2, -0.15) is 0 Å². The molecule has 0 unspecified atom stereocenters. The molecule has 0 heterocycles. The molecule has 1 aromatic rings. The van der Waals surface area contributed by atoms with Gasteiger partial charge in [0, 0.05) is 18.8 Å². The summed E-state index contributed by atoms with van der Waals surface area (Å²) in [6.45, 7) is 6.36. The van der Waals surface area contributed by atoms with E-state index in [4.69, 9.17) is 11.6 Å². The van der Waals surface area contributed by atoms with Crippen molar-refractivity contribution in [2.75, 3.05) is 23.5 Å². The van der Waals surface area contributed by atoms with Crippen LogP contribution >= 0.6 is 11.6 Å². The van der Waals surface area contributed by atoms with Crippen LogP contribution in [0.25, 0.3) is 0 Å². The summed E-state index contributed by atoms with van der Waals surface area (Å²) in [7, 11) is 0. The predicted octanol–water partition coefficient (Wildman–Crippen LogP) is 5.04. The van der Waals surface area contributed by atoms with Crippen molar-refractivity contribution < 1.29 is 4.48 Å². The molecular formula is C14H22ClFN2. The molecule has 2 nitrogen and oxygen atoms in total. The van der Waals surface area contributed by atoms with E-state index >= 15 is 0 Å². The van der Waals surface area contributed by atoms with Crippen LogP contribution in [0.5, 0.6) is 0 Å². The number of hydrogen-bond donors (Lipinski definition) is 1. The average Bonchev–Trinajstić information content (AvgIpc) is 2.40. The van der Waals surface area contributed by atoms with Crippen LogP contribution < -0.4 is 10.4 Å². The maximum atomic E-state index is 12.6. The topological polar surface area (TPSA) is 15.3 Å². The van der Waals surface area contributed by atoms with Crippen LogP contribution in [0.3, 0.4) is 0 Å². The molecule has 0 aliphatic rings. The molecule has 102 valence electrons. The predicted molar refractivity (Wildman–Crippen MR) is 78.2 cm³/mol. The van der Waals surface area contributed by atoms with Crippen LogP contribution in [0.1, 0.15) is 39.5 Å². The Morgan fingerprint density at radius 1 is 1.17 bits per heavy atom. The van der Waals surface area contributed by atoms with Gasteiger partial charge in [0.25, 0.3) is 0 Å². The van der Waals surface area contributed by atoms with Gasteiger partial charge in [-0.3, -0.25) is 0 Å². The molecule has 0 saturated heterocycles. The van der Waals surface area contributed by atoms with Crippen molar-refractivity contribution in [2.45, 2.75) is 39.5 Å². The molecule has 0 amide bonds. The standard InChI is InChI=1S/C14H22ClFN2/c1-3-5-9-18(10-6-4-2)12-7-8-13(15)14(11-12)17-16/h7-8,11,17H,3-6,9-10H2,1-2H3. The summed E-state index contributed by atoms with van der Waals surface area (Å²) in [5.41, 5.74) is 3.01. The molecule has 0 aromatic heterocycles. The van der Waals surface area contributed by atoms with Crippen molar-refractivity contribution in [3.05, 3.63) is 23.2 Å². The van der Waals surface area contributed by atoms with Crippen LogP contribution in [0.4, 0.5) is 15.9 Å². The first-order chi connectivity index (χ1) is 8.72. The Labute approximate surface area is 114 Å². The molecule has 0 atom stereocenters. The van der Waals surface area contributed by atoms with Gasteiger partial charge >= 0.3 is 0 Å². The Hall–Kier alpha value is -0.960. The fraction of sp³-hybridized carbons (Fsp3) is 0.571. The smallest absolute Gasteiger partial charge is 0.0862 e. The molecule has 1 rings (SSSR count). The highest BCUT2D eigenvalue weighted by Crippen LogP contribution is 2.28. The second-order valence-corrected chi connectivity index (χ2v) is 4.86. The van der Waals surface area contributed by atoms with Crippen LogP contribution in [-0.4, -0.2) is 13.1 Å². The van der Waals surface area contributed by atoms with Gasteiger partial charge in [-0.25, -0.2) is 5.54 Å². The molecule has 0 aliphatic heterocycles. The molecule has 0 fully saturated rings. The summed E-state index contributed by atoms with van der Waals surface area (Å²) < 4.78 is 12.6. The van der Waals surface area contributed by atoms with Gasteiger partial charge in [0.2, 0.25) is 0 Å². The van der Waals surface area contributed by atoms with Crippen LogP contribution in [0, 0.1) is 0 Å². The minimum Gasteiger partial charge on any atom is -0.371 e. The number of nitrogens with zero attached hydrogens (tertiary/aromatic N) is 1. The van der Waals surface area contributed by atoms with Gasteiger partial charge in [-0.15, -0.1) is 4.48 Å². The Kier molecular flexibility index (Phi) is 6.88. The van der Waals surface area contributed by atoms with E-state index in [0.717, 1.165) is 44.5 Å². The third kappa shape index (κ3) is 4.37. The van der Waals surface area contributed by atoms with E-state index in [1.807, 2.05) is 6.07 Å². The second kappa shape index (κ2) is 8.20. The first-order valence-electron chi connectivity index (χ1n) is 6.64. The third-order valence-corrected chi connectivity index (χ3v) is 3.31. The van der Waals surface area contributed by atoms with Crippen molar-refractivity contribution in [1.29, 1.82) is 0 Å². The molecule has 18 heavy (non-hydrogen) atoms. The van der Waals surface area contributed by atoms with Gasteiger partial charge in [-0.05, 0) is 31.0 Å². The maximum absolute atomic E-state index is 12.6. The summed E-state index contributed by atoms with van der Waals surface area (Å²) in [6, 6.07) is 5.46. The summed E-state index contributed by atoms with van der Waals surface area (Å²) in [4.78, 5) is 2.30. The number of benzene rings is 1. The molecule has 0 aliphatic carbocycles. The molecule has 4 heteroatoms. The monoisotopic (exact) mass is 272 g/mol. The van der Waals surface area contributed by atoms with Gasteiger partial charge < -0.3 is 4.90 Å². The average molecular weight is 273 g/mol. The molecule has 0 spiro atoms. The zero-order valence-corrected chi connectivity index (χ0v) is 11.9. The number of hydrogen-bond acceptors (Lipinski definition) is 2. The van der Waals surface area contributed by atoms with E-state index in [9.17, 15) is 4.48 Å². The van der Waals surface area contributed by atoms with Crippen LogP contribution in [-0.2, 0) is 0 Å². The minimum absolute atomic E-state index is 0.340. The first-order valence-corrected chi connectivity index (χ1v) is 7.01. The van der Waals surface area contributed by atoms with Crippen LogP contribution in [0.2, 0.25) is 5.02 Å². The van der Waals surface area contributed by atoms with E-state index in [1.54, 1.807) is 17.7 Å². The van der Waals surface area contributed by atoms with Crippen molar-refractivity contribution >= 4 is 23.0 Å². The molecule has 0 bridgehead atoms. The largest absolute Gasteiger partial charge is 0.371 e. The fourth-order valence-electron chi connectivity index (χ4n) is 1.85. The van der Waals surface area contributed by atoms with Gasteiger partial charge in [-0.1, -0.05) is 38.3 Å². The lowest BCUT2D eigenvalue weighted by atomic mass is 10.2. The van der Waals surface area contributed by atoms with Crippen molar-refractivity contribution in [3.63, 3.8) is 0 Å². The van der Waals surface area contributed by atoms with E-state index < -0.39 is 0 Å². The Bertz CT molecular complexity index is 350. The van der Waals surface area contributed by atoms with Crippen molar-refractivity contribution in [3.8, 4) is 0 Å². The number of anilines is 2. The lowest BCUT2D eigenvalue weighted by Gasteiger charge is -2.25. The molecule has 0 saturated carbocycles. The lowest BCUT2D eigenvalue weighted by molar-refractivity contribution is 0.617. The highest BCUT2D eigenvalue weighted by atomic mass is 35.5. The zero-order valence-electron chi connectivity index (χ0n) is 11.2. The third-order valence-electron chi connectivity index (χ3n) is 2.98. The highest BCUT2D eigenvalue weighted by molar-refractivity contribution is 6.33. The SMILES string of the molecule is CCCCN(CCCC)c1ccc(Cl)c(NF)c1. The summed E-state index contributed by atoms with van der Waals surface area (Å²) in [5, 5.41) is 0.409. The van der Waals surface area contributed by atoms with Gasteiger partial charge in [0.15, 0.2) is 0 Å². The summed E-state index contributed by atoms with van der Waals surface area (Å²) in [5.74, 6) is 0. The zero-order chi connectivity index (χ0) is 13.4. The highest BCUT2D eigenvalue weighted by Gasteiger charge is 2.08. The Balaban J connectivity index is 2.82. The van der Waals surface area contributed by atoms with E-state index in [0.29, 0.717) is 10.7 Å². The van der Waals surface area contributed by atoms with E-state index in [2.05, 4.69) is 18.7 Å². The number of halogens is 2. The maximum Gasteiger partial charge on any atom is 0.0862 e. The quantitative estimate of drug-likeness (QED) is 0.667. The normalized spacial score (nSPS) is 10.4. The number of rotatable bonds is 8.